The molecule has 2 heterocycles. The quantitative estimate of drug-likeness (QED) is 0.267. The Morgan fingerprint density at radius 1 is 0.735 bits per heavy atom. The maximum absolute atomic E-state index is 8.15. The minimum absolute atomic E-state index is 0.0122. The predicted octanol–water partition coefficient (Wildman–Crippen LogP) is 9.08. The zero-order chi connectivity index (χ0) is 26.1. The molecule has 3 heteroatoms. The molecular weight excluding hydrogens is 416 g/mol. The van der Waals surface area contributed by atoms with Gasteiger partial charge >= 0.3 is 0 Å². The smallest absolute Gasteiger partial charge is 0.144 e. The highest BCUT2D eigenvalue weighted by Gasteiger charge is 2.21. The van der Waals surface area contributed by atoms with Crippen molar-refractivity contribution >= 4 is 21.9 Å². The molecule has 5 rings (SSSR count). The number of fused-ring (bicyclic) bond motifs is 3. The Morgan fingerprint density at radius 3 is 2.15 bits per heavy atom. The fraction of sp³-hybridized carbons (Fsp3) is 0.290. The summed E-state index contributed by atoms with van der Waals surface area (Å²) in [5.41, 5.74) is 8.28. The van der Waals surface area contributed by atoms with Gasteiger partial charge in [0, 0.05) is 26.0 Å². The summed E-state index contributed by atoms with van der Waals surface area (Å²) >= 11 is 0. The third kappa shape index (κ3) is 3.79. The summed E-state index contributed by atoms with van der Waals surface area (Å²) in [5.74, 6) is 0.0534. The van der Waals surface area contributed by atoms with Crippen molar-refractivity contribution in [1.29, 1.82) is 0 Å². The Bertz CT molecular complexity index is 1530. The molecule has 3 nitrogen and oxygen atoms in total. The first-order valence-electron chi connectivity index (χ1n) is 13.9. The van der Waals surface area contributed by atoms with Crippen molar-refractivity contribution < 1.29 is 8.53 Å². The fourth-order valence-electron chi connectivity index (χ4n) is 4.66. The molecule has 3 unspecified atom stereocenters. The molecule has 2 aromatic heterocycles. The first kappa shape index (κ1) is 18.9. The third-order valence-electron chi connectivity index (χ3n) is 6.46. The van der Waals surface area contributed by atoms with Gasteiger partial charge in [0.2, 0.25) is 0 Å². The number of aromatic nitrogens is 2. The molecule has 0 aliphatic heterocycles. The third-order valence-corrected chi connectivity index (χ3v) is 6.46. The van der Waals surface area contributed by atoms with Crippen LogP contribution in [0.2, 0.25) is 0 Å². The molecule has 0 saturated carbocycles. The standard InChI is InChI=1S/C31H32N2O/c1-18(2)21-14-25(19(3)4)30(26(15-21)20(5)6)28-16-27(32-17-33-28)24-12-9-11-23-22-10-7-8-13-29(22)34-31(23)24/h7-20H,1-6H3/i1D,3D,5D. The number of para-hydroxylation sites is 2. The van der Waals surface area contributed by atoms with E-state index < -0.39 is 0 Å². The molecule has 0 N–H and O–H groups in total. The summed E-state index contributed by atoms with van der Waals surface area (Å²) in [7, 11) is 0. The zero-order valence-corrected chi connectivity index (χ0v) is 20.0. The normalized spacial score (nSPS) is 15.6. The van der Waals surface area contributed by atoms with Gasteiger partial charge in [-0.05, 0) is 52.6 Å². The van der Waals surface area contributed by atoms with E-state index in [9.17, 15) is 0 Å². The number of benzene rings is 3. The Hall–Kier alpha value is -3.46. The second kappa shape index (κ2) is 8.72. The lowest BCUT2D eigenvalue weighted by Gasteiger charge is -2.22. The number of hydrogen-bond donors (Lipinski definition) is 0. The van der Waals surface area contributed by atoms with Crippen LogP contribution in [0, 0.1) is 0 Å². The van der Waals surface area contributed by atoms with Gasteiger partial charge in [0.1, 0.15) is 17.5 Å². The van der Waals surface area contributed by atoms with Crippen molar-refractivity contribution in [3.8, 4) is 22.5 Å². The van der Waals surface area contributed by atoms with E-state index in [0.717, 1.165) is 61.1 Å². The molecule has 0 aliphatic carbocycles. The minimum Gasteiger partial charge on any atom is -0.455 e. The fourth-order valence-corrected chi connectivity index (χ4v) is 4.66. The van der Waals surface area contributed by atoms with Crippen LogP contribution in [0.4, 0.5) is 0 Å². The van der Waals surface area contributed by atoms with Gasteiger partial charge in [0.15, 0.2) is 0 Å². The highest BCUT2D eigenvalue weighted by Crippen LogP contribution is 2.40. The molecule has 5 aromatic rings. The highest BCUT2D eigenvalue weighted by atomic mass is 16.3. The van der Waals surface area contributed by atoms with Crippen LogP contribution in [0.1, 0.15) is 80.0 Å². The van der Waals surface area contributed by atoms with E-state index in [1.807, 2.05) is 36.4 Å². The van der Waals surface area contributed by atoms with E-state index in [1.165, 1.54) is 0 Å². The molecule has 172 valence electrons. The monoisotopic (exact) mass is 451 g/mol. The van der Waals surface area contributed by atoms with E-state index in [2.05, 4.69) is 50.0 Å². The van der Waals surface area contributed by atoms with Gasteiger partial charge in [-0.2, -0.15) is 0 Å². The molecular formula is C31H32N2O. The van der Waals surface area contributed by atoms with Crippen LogP contribution in [0.25, 0.3) is 44.5 Å². The average molecular weight is 452 g/mol. The van der Waals surface area contributed by atoms with Gasteiger partial charge in [-0.25, -0.2) is 9.97 Å². The number of rotatable bonds is 5. The second-order valence-corrected chi connectivity index (χ2v) is 9.35. The molecule has 0 bridgehead atoms. The lowest BCUT2D eigenvalue weighted by molar-refractivity contribution is 0.670. The predicted molar refractivity (Wildman–Crippen MR) is 142 cm³/mol. The Balaban J connectivity index is 1.74. The van der Waals surface area contributed by atoms with Crippen LogP contribution in [0.15, 0.2) is 71.4 Å². The Labute approximate surface area is 206 Å². The van der Waals surface area contributed by atoms with Gasteiger partial charge in [-0.1, -0.05) is 83.9 Å². The molecule has 0 aliphatic rings. The molecule has 0 amide bonds. The molecule has 0 spiro atoms. The maximum Gasteiger partial charge on any atom is 0.144 e. The van der Waals surface area contributed by atoms with E-state index in [1.54, 1.807) is 6.33 Å². The van der Waals surface area contributed by atoms with Crippen molar-refractivity contribution in [3.05, 3.63) is 83.7 Å². The molecule has 3 atom stereocenters. The van der Waals surface area contributed by atoms with Crippen molar-refractivity contribution in [2.75, 3.05) is 0 Å². The number of nitrogens with zero attached hydrogens (tertiary/aromatic N) is 2. The van der Waals surface area contributed by atoms with Crippen LogP contribution >= 0.6 is 0 Å². The van der Waals surface area contributed by atoms with Gasteiger partial charge in [-0.3, -0.25) is 0 Å². The first-order valence-corrected chi connectivity index (χ1v) is 11.7. The minimum atomic E-state index is -0.0122. The van der Waals surface area contributed by atoms with E-state index in [-0.39, 0.29) is 31.6 Å². The van der Waals surface area contributed by atoms with Crippen LogP contribution in [0.3, 0.4) is 0 Å². The van der Waals surface area contributed by atoms with Gasteiger partial charge in [0.25, 0.3) is 0 Å². The Kier molecular flexibility index (Phi) is 4.85. The highest BCUT2D eigenvalue weighted by molar-refractivity contribution is 6.09. The van der Waals surface area contributed by atoms with E-state index in [4.69, 9.17) is 13.5 Å². The maximum atomic E-state index is 8.15. The summed E-state index contributed by atoms with van der Waals surface area (Å²) in [6.45, 7) is 6.97. The van der Waals surface area contributed by atoms with Crippen LogP contribution < -0.4 is 0 Å². The van der Waals surface area contributed by atoms with Crippen LogP contribution in [-0.4, -0.2) is 9.97 Å². The summed E-state index contributed by atoms with van der Waals surface area (Å²) in [5, 5.41) is 2.12. The van der Waals surface area contributed by atoms with Crippen LogP contribution in [-0.2, 0) is 0 Å². The molecule has 0 radical (unpaired) electrons. The summed E-state index contributed by atoms with van der Waals surface area (Å²) in [6.07, 6.45) is 1.59. The van der Waals surface area contributed by atoms with E-state index in [0.29, 0.717) is 6.90 Å². The largest absolute Gasteiger partial charge is 0.455 e. The van der Waals surface area contributed by atoms with Crippen molar-refractivity contribution in [2.24, 2.45) is 0 Å². The Morgan fingerprint density at radius 2 is 1.41 bits per heavy atom. The van der Waals surface area contributed by atoms with Gasteiger partial charge < -0.3 is 4.42 Å². The van der Waals surface area contributed by atoms with Gasteiger partial charge in [-0.15, -0.1) is 0 Å². The number of hydrogen-bond acceptors (Lipinski definition) is 3. The van der Waals surface area contributed by atoms with Crippen LogP contribution in [0.5, 0.6) is 0 Å². The van der Waals surface area contributed by atoms with Crippen molar-refractivity contribution in [2.45, 2.75) is 59.2 Å². The SMILES string of the molecule is [2H]CC(C)c1cc(C(C)C[2H])c(-c2cc(-c3cccc4c3oc3ccccc34)ncn2)c(C(C)C[2H])c1. The van der Waals surface area contributed by atoms with Gasteiger partial charge in [0.05, 0.1) is 11.4 Å². The zero-order valence-electron chi connectivity index (χ0n) is 23.0. The summed E-state index contributed by atoms with van der Waals surface area (Å²) < 4.78 is 30.5. The lowest BCUT2D eigenvalue weighted by Crippen LogP contribution is -2.05. The average Bonchev–Trinajstić information content (AvgIpc) is 3.34. The lowest BCUT2D eigenvalue weighted by atomic mass is 9.83. The molecule has 3 aromatic carbocycles. The summed E-state index contributed by atoms with van der Waals surface area (Å²) in [4.78, 5) is 9.34. The molecule has 0 fully saturated rings. The number of furan rings is 1. The second-order valence-electron chi connectivity index (χ2n) is 9.35. The van der Waals surface area contributed by atoms with Crippen molar-refractivity contribution in [1.82, 2.24) is 9.97 Å². The first-order chi connectivity index (χ1) is 18.0. The molecule has 34 heavy (non-hydrogen) atoms. The summed E-state index contributed by atoms with van der Waals surface area (Å²) in [6, 6.07) is 20.5. The molecule has 0 saturated heterocycles. The topological polar surface area (TPSA) is 38.9 Å². The van der Waals surface area contributed by atoms with Crippen molar-refractivity contribution in [3.63, 3.8) is 0 Å². The van der Waals surface area contributed by atoms with E-state index >= 15 is 0 Å².